The number of carbonyl (C=O) groups excluding carboxylic acids is 3. The zero-order chi connectivity index (χ0) is 18.4. The quantitative estimate of drug-likeness (QED) is 0.825. The molecule has 1 aliphatic rings. The second kappa shape index (κ2) is 8.48. The van der Waals surface area contributed by atoms with E-state index in [2.05, 4.69) is 5.32 Å². The fraction of sp³-hybridized carbons (Fsp3) is 0.471. The molecule has 0 bridgehead atoms. The van der Waals surface area contributed by atoms with Crippen LogP contribution in [0.2, 0.25) is 0 Å². The normalized spacial score (nSPS) is 16.2. The van der Waals surface area contributed by atoms with Gasteiger partial charge in [0.25, 0.3) is 0 Å². The average molecular weight is 347 g/mol. The highest BCUT2D eigenvalue weighted by molar-refractivity contribution is 5.96. The van der Waals surface area contributed by atoms with E-state index < -0.39 is 18.0 Å². The van der Waals surface area contributed by atoms with E-state index >= 15 is 0 Å². The van der Waals surface area contributed by atoms with Crippen LogP contribution >= 0.6 is 0 Å². The molecule has 5 amide bonds. The predicted octanol–water partition coefficient (Wildman–Crippen LogP) is 0.439. The maximum absolute atomic E-state index is 12.6. The zero-order valence-electron chi connectivity index (χ0n) is 14.6. The Balaban J connectivity index is 1.83. The van der Waals surface area contributed by atoms with Gasteiger partial charge in [-0.1, -0.05) is 30.3 Å². The molecule has 3 N–H and O–H groups in total. The number of amides is 5. The van der Waals surface area contributed by atoms with Crippen molar-refractivity contribution in [2.75, 3.05) is 33.2 Å². The van der Waals surface area contributed by atoms with Gasteiger partial charge in [-0.25, -0.2) is 9.59 Å². The highest BCUT2D eigenvalue weighted by atomic mass is 16.2. The molecule has 2 rings (SSSR count). The van der Waals surface area contributed by atoms with E-state index in [1.807, 2.05) is 35.2 Å². The average Bonchev–Trinajstić information content (AvgIpc) is 2.60. The van der Waals surface area contributed by atoms with Gasteiger partial charge in [0.05, 0.1) is 6.04 Å². The molecule has 1 atom stereocenters. The van der Waals surface area contributed by atoms with Crippen LogP contribution in [0.3, 0.4) is 0 Å². The summed E-state index contributed by atoms with van der Waals surface area (Å²) in [6, 6.07) is 8.47. The van der Waals surface area contributed by atoms with Gasteiger partial charge in [-0.05, 0) is 12.5 Å². The third kappa shape index (κ3) is 5.18. The summed E-state index contributed by atoms with van der Waals surface area (Å²) in [4.78, 5) is 40.6. The summed E-state index contributed by atoms with van der Waals surface area (Å²) < 4.78 is 0. The van der Waals surface area contributed by atoms with Crippen molar-refractivity contribution in [1.82, 2.24) is 20.0 Å². The fourth-order valence-corrected chi connectivity index (χ4v) is 2.86. The Morgan fingerprint density at radius 3 is 2.32 bits per heavy atom. The summed E-state index contributed by atoms with van der Waals surface area (Å²) >= 11 is 0. The summed E-state index contributed by atoms with van der Waals surface area (Å²) in [6.45, 7) is 4.48. The number of benzene rings is 1. The molecule has 0 radical (unpaired) electrons. The highest BCUT2D eigenvalue weighted by Crippen LogP contribution is 2.10. The van der Waals surface area contributed by atoms with Crippen molar-refractivity contribution in [2.45, 2.75) is 19.5 Å². The predicted molar refractivity (Wildman–Crippen MR) is 93.6 cm³/mol. The molecule has 1 saturated heterocycles. The molecule has 1 fully saturated rings. The van der Waals surface area contributed by atoms with Crippen LogP contribution in [0, 0.1) is 0 Å². The fourth-order valence-electron chi connectivity index (χ4n) is 2.86. The third-order valence-corrected chi connectivity index (χ3v) is 4.35. The van der Waals surface area contributed by atoms with Gasteiger partial charge in [-0.15, -0.1) is 0 Å². The number of nitrogens with two attached hydrogens (primary N) is 1. The molecule has 136 valence electrons. The van der Waals surface area contributed by atoms with E-state index in [1.54, 1.807) is 23.8 Å². The maximum atomic E-state index is 12.6. The zero-order valence-corrected chi connectivity index (χ0v) is 14.6. The molecule has 1 aromatic rings. The molecule has 0 saturated carbocycles. The lowest BCUT2D eigenvalue weighted by Crippen LogP contribution is -2.57. The van der Waals surface area contributed by atoms with Crippen LogP contribution in [0.25, 0.3) is 0 Å². The van der Waals surface area contributed by atoms with E-state index in [0.717, 1.165) is 5.56 Å². The van der Waals surface area contributed by atoms with Crippen molar-refractivity contribution < 1.29 is 14.4 Å². The monoisotopic (exact) mass is 347 g/mol. The lowest BCUT2D eigenvalue weighted by Gasteiger charge is -2.38. The summed E-state index contributed by atoms with van der Waals surface area (Å²) in [7, 11) is 1.78. The molecule has 1 heterocycles. The number of hydrogen-bond donors (Lipinski definition) is 2. The minimum Gasteiger partial charge on any atom is -0.351 e. The standard InChI is InChI=1S/C17H25N5O3/c1-13(15(23)19-16(18)24)21-8-10-22(11-9-21)17(25)20(2)12-14-6-4-3-5-7-14/h3-7,13H,8-12H2,1-2H3,(H3,18,19,23,24)/t13-/m0/s1. The number of piperazine rings is 1. The van der Waals surface area contributed by atoms with Gasteiger partial charge in [-0.2, -0.15) is 0 Å². The molecule has 0 spiro atoms. The van der Waals surface area contributed by atoms with Crippen molar-refractivity contribution in [3.8, 4) is 0 Å². The van der Waals surface area contributed by atoms with Crippen LogP contribution in [-0.4, -0.2) is 71.9 Å². The van der Waals surface area contributed by atoms with Crippen molar-refractivity contribution in [1.29, 1.82) is 0 Å². The number of carbonyl (C=O) groups is 3. The van der Waals surface area contributed by atoms with Crippen molar-refractivity contribution in [3.05, 3.63) is 35.9 Å². The Kier molecular flexibility index (Phi) is 6.35. The van der Waals surface area contributed by atoms with Crippen LogP contribution in [0.1, 0.15) is 12.5 Å². The Hall–Kier alpha value is -2.61. The van der Waals surface area contributed by atoms with Crippen molar-refractivity contribution >= 4 is 18.0 Å². The van der Waals surface area contributed by atoms with Crippen LogP contribution in [-0.2, 0) is 11.3 Å². The number of nitrogens with zero attached hydrogens (tertiary/aromatic N) is 3. The van der Waals surface area contributed by atoms with Gasteiger partial charge in [0, 0.05) is 39.8 Å². The van der Waals surface area contributed by atoms with Crippen LogP contribution in [0.4, 0.5) is 9.59 Å². The van der Waals surface area contributed by atoms with Crippen molar-refractivity contribution in [2.24, 2.45) is 5.73 Å². The molecule has 25 heavy (non-hydrogen) atoms. The number of rotatable bonds is 4. The van der Waals surface area contributed by atoms with E-state index in [-0.39, 0.29) is 6.03 Å². The van der Waals surface area contributed by atoms with Crippen LogP contribution in [0.15, 0.2) is 30.3 Å². The Bertz CT molecular complexity index is 614. The van der Waals surface area contributed by atoms with E-state index in [4.69, 9.17) is 5.73 Å². The molecule has 0 aliphatic carbocycles. The number of primary amides is 1. The summed E-state index contributed by atoms with van der Waals surface area (Å²) in [5, 5.41) is 2.09. The lowest BCUT2D eigenvalue weighted by molar-refractivity contribution is -0.125. The molecule has 1 aromatic carbocycles. The Labute approximate surface area is 147 Å². The minimum atomic E-state index is -0.854. The molecule has 1 aliphatic heterocycles. The number of imide groups is 1. The minimum absolute atomic E-state index is 0.0299. The van der Waals surface area contributed by atoms with Gasteiger partial charge < -0.3 is 15.5 Å². The highest BCUT2D eigenvalue weighted by Gasteiger charge is 2.29. The second-order valence-electron chi connectivity index (χ2n) is 6.18. The number of urea groups is 2. The molecule has 8 nitrogen and oxygen atoms in total. The summed E-state index contributed by atoms with van der Waals surface area (Å²) in [6.07, 6.45) is 0. The van der Waals surface area contributed by atoms with Gasteiger partial charge in [0.1, 0.15) is 0 Å². The maximum Gasteiger partial charge on any atom is 0.320 e. The number of hydrogen-bond acceptors (Lipinski definition) is 4. The largest absolute Gasteiger partial charge is 0.351 e. The SMILES string of the molecule is C[C@@H](C(=O)NC(N)=O)N1CCN(C(=O)N(C)Cc2ccccc2)CC1. The smallest absolute Gasteiger partial charge is 0.320 e. The lowest BCUT2D eigenvalue weighted by atomic mass is 10.2. The van der Waals surface area contributed by atoms with Gasteiger partial charge in [0.2, 0.25) is 5.91 Å². The van der Waals surface area contributed by atoms with E-state index in [0.29, 0.717) is 32.7 Å². The van der Waals surface area contributed by atoms with E-state index in [1.165, 1.54) is 0 Å². The first-order chi connectivity index (χ1) is 11.9. The molecule has 0 unspecified atom stereocenters. The van der Waals surface area contributed by atoms with Crippen LogP contribution in [0.5, 0.6) is 0 Å². The van der Waals surface area contributed by atoms with Gasteiger partial charge >= 0.3 is 12.1 Å². The second-order valence-corrected chi connectivity index (χ2v) is 6.18. The Morgan fingerprint density at radius 1 is 1.16 bits per heavy atom. The van der Waals surface area contributed by atoms with Gasteiger partial charge in [-0.3, -0.25) is 15.0 Å². The first-order valence-corrected chi connectivity index (χ1v) is 8.27. The first-order valence-electron chi connectivity index (χ1n) is 8.27. The van der Waals surface area contributed by atoms with E-state index in [9.17, 15) is 14.4 Å². The molecular formula is C17H25N5O3. The Morgan fingerprint density at radius 2 is 1.76 bits per heavy atom. The molecule has 0 aromatic heterocycles. The molecule has 8 heteroatoms. The van der Waals surface area contributed by atoms with Crippen LogP contribution < -0.4 is 11.1 Å². The summed E-state index contributed by atoms with van der Waals surface area (Å²) in [5.41, 5.74) is 6.05. The molecular weight excluding hydrogens is 322 g/mol. The van der Waals surface area contributed by atoms with Gasteiger partial charge in [0.15, 0.2) is 0 Å². The number of nitrogens with one attached hydrogen (secondary N) is 1. The topological polar surface area (TPSA) is 99.0 Å². The first kappa shape index (κ1) is 18.7. The third-order valence-electron chi connectivity index (χ3n) is 4.35. The summed E-state index contributed by atoms with van der Waals surface area (Å²) in [5.74, 6) is -0.423. The van der Waals surface area contributed by atoms with Crippen molar-refractivity contribution in [3.63, 3.8) is 0 Å².